The Morgan fingerprint density at radius 2 is 1.17 bits per heavy atom. The van der Waals surface area contributed by atoms with Crippen LogP contribution in [0.1, 0.15) is 40.0 Å². The van der Waals surface area contributed by atoms with E-state index >= 15 is 0 Å². The van der Waals surface area contributed by atoms with Gasteiger partial charge in [-0.25, -0.2) is 0 Å². The molecule has 0 saturated carbocycles. The molecule has 0 aromatic heterocycles. The molecule has 0 spiro atoms. The van der Waals surface area contributed by atoms with Crippen LogP contribution in [0.3, 0.4) is 0 Å². The van der Waals surface area contributed by atoms with Crippen molar-refractivity contribution >= 4 is 21.4 Å². The summed E-state index contributed by atoms with van der Waals surface area (Å²) >= 11 is -1.14. The summed E-state index contributed by atoms with van der Waals surface area (Å²) in [4.78, 5) is 4.92. The molecule has 2 nitrogen and oxygen atoms in total. The molecule has 0 radical (unpaired) electrons. The summed E-state index contributed by atoms with van der Waals surface area (Å²) in [5.74, 6) is 0. The predicted molar refractivity (Wildman–Crippen MR) is 86.0 cm³/mol. The van der Waals surface area contributed by atoms with Crippen molar-refractivity contribution in [2.24, 2.45) is 0 Å². The molecule has 0 saturated heterocycles. The Bertz CT molecular complexity index is 160. The van der Waals surface area contributed by atoms with Gasteiger partial charge in [0, 0.05) is 0 Å². The van der Waals surface area contributed by atoms with Crippen molar-refractivity contribution in [3.05, 3.63) is 0 Å². The molecule has 0 aliphatic carbocycles. The number of rotatable bonds is 12. The van der Waals surface area contributed by atoms with Crippen LogP contribution in [0, 0.1) is 0 Å². The van der Waals surface area contributed by atoms with Crippen molar-refractivity contribution in [1.29, 1.82) is 0 Å². The Kier molecular flexibility index (Phi) is 13.4. The summed E-state index contributed by atoms with van der Waals surface area (Å²) in [6.45, 7) is 11.9. The van der Waals surface area contributed by atoms with Gasteiger partial charge < -0.3 is 0 Å². The maximum atomic E-state index is 2.46. The Morgan fingerprint density at radius 3 is 1.50 bits per heavy atom. The van der Waals surface area contributed by atoms with E-state index in [2.05, 4.69) is 44.7 Å². The first-order chi connectivity index (χ1) is 8.63. The van der Waals surface area contributed by atoms with Gasteiger partial charge in [0.05, 0.1) is 0 Å². The first-order valence-corrected chi connectivity index (χ1v) is 15.0. The van der Waals surface area contributed by atoms with Crippen LogP contribution in [-0.2, 0) is 0 Å². The summed E-state index contributed by atoms with van der Waals surface area (Å²) in [5, 5.41) is 0. The molecule has 0 amide bonds. The molecule has 0 aromatic carbocycles. The van der Waals surface area contributed by atoms with Gasteiger partial charge >= 0.3 is 124 Å². The van der Waals surface area contributed by atoms with Gasteiger partial charge in [-0.1, -0.05) is 0 Å². The van der Waals surface area contributed by atoms with E-state index in [0.717, 1.165) is 0 Å². The predicted octanol–water partition coefficient (Wildman–Crippen LogP) is 3.57. The molecule has 0 aliphatic rings. The summed E-state index contributed by atoms with van der Waals surface area (Å²) in [6.07, 6.45) is 4.37. The van der Waals surface area contributed by atoms with Gasteiger partial charge in [-0.2, -0.15) is 0 Å². The van der Waals surface area contributed by atoms with Crippen LogP contribution in [0.15, 0.2) is 0 Å². The minimum atomic E-state index is -1.14. The summed E-state index contributed by atoms with van der Waals surface area (Å²) in [5.41, 5.74) is 0. The van der Waals surface area contributed by atoms with E-state index in [0.29, 0.717) is 0 Å². The Balaban J connectivity index is 3.70. The summed E-state index contributed by atoms with van der Waals surface area (Å²) in [6, 6.07) is 0. The second-order valence-electron chi connectivity index (χ2n) is 5.73. The molecule has 0 rings (SSSR count). The van der Waals surface area contributed by atoms with Gasteiger partial charge in [0.1, 0.15) is 0 Å². The fourth-order valence-electron chi connectivity index (χ4n) is 2.46. The zero-order valence-corrected chi connectivity index (χ0v) is 16.8. The topological polar surface area (TPSA) is 6.48 Å². The molecular weight excluding hydrogens is 323 g/mol. The molecule has 3 heteroatoms. The quantitative estimate of drug-likeness (QED) is 0.526. The standard InChI is InChI=1S/2C6H14N.C3H7.In/c2*1-4-6-7(3)5-2;1-3-2;/h2*1,4-6H2,2-3H3;1,3H2,2H3;. The fraction of sp³-hybridized carbons (Fsp3) is 1.00. The Morgan fingerprint density at radius 1 is 0.722 bits per heavy atom. The van der Waals surface area contributed by atoms with Crippen LogP contribution >= 0.6 is 0 Å². The number of hydrogen-bond acceptors (Lipinski definition) is 2. The van der Waals surface area contributed by atoms with E-state index in [1.54, 1.807) is 12.5 Å². The van der Waals surface area contributed by atoms with Crippen molar-refractivity contribution in [2.75, 3.05) is 40.3 Å². The van der Waals surface area contributed by atoms with Crippen LogP contribution < -0.4 is 0 Å². The van der Waals surface area contributed by atoms with E-state index in [-0.39, 0.29) is 0 Å². The van der Waals surface area contributed by atoms with Gasteiger partial charge in [0.2, 0.25) is 0 Å². The van der Waals surface area contributed by atoms with Gasteiger partial charge in [0.25, 0.3) is 0 Å². The first kappa shape index (κ1) is 18.8. The van der Waals surface area contributed by atoms with Crippen LogP contribution in [-0.4, -0.2) is 71.5 Å². The zero-order valence-electron chi connectivity index (χ0n) is 13.5. The van der Waals surface area contributed by atoms with E-state index in [1.807, 2.05) is 0 Å². The molecule has 0 heterocycles. The monoisotopic (exact) mass is 358 g/mol. The summed E-state index contributed by atoms with van der Waals surface area (Å²) in [7, 11) is 4.50. The van der Waals surface area contributed by atoms with Crippen molar-refractivity contribution in [1.82, 2.24) is 9.80 Å². The Labute approximate surface area is 124 Å². The molecule has 0 bridgehead atoms. The fourth-order valence-corrected chi connectivity index (χ4v) is 11.6. The van der Waals surface area contributed by atoms with Crippen LogP contribution in [0.25, 0.3) is 0 Å². The second kappa shape index (κ2) is 12.8. The molecule has 0 aliphatic heterocycles. The van der Waals surface area contributed by atoms with E-state index in [9.17, 15) is 0 Å². The van der Waals surface area contributed by atoms with Crippen molar-refractivity contribution in [3.63, 3.8) is 0 Å². The normalized spacial score (nSPS) is 11.5. The minimum absolute atomic E-state index is 1.14. The molecule has 108 valence electrons. The average Bonchev–Trinajstić information content (AvgIpc) is 2.38. The molecule has 0 N–H and O–H groups in total. The van der Waals surface area contributed by atoms with Gasteiger partial charge in [-0.3, -0.25) is 0 Å². The second-order valence-corrected chi connectivity index (χ2v) is 15.6. The SMILES string of the molecule is CC[CH2][In]([CH2]CCN(C)CC)[CH2]CCN(C)CC. The molecule has 0 atom stereocenters. The van der Waals surface area contributed by atoms with Crippen molar-refractivity contribution in [3.8, 4) is 0 Å². The first-order valence-electron chi connectivity index (χ1n) is 8.01. The molecule has 18 heavy (non-hydrogen) atoms. The number of hydrogen-bond donors (Lipinski definition) is 0. The average molecular weight is 358 g/mol. The molecule has 0 aromatic rings. The van der Waals surface area contributed by atoms with E-state index in [1.165, 1.54) is 45.4 Å². The Hall–Kier alpha value is 0.790. The van der Waals surface area contributed by atoms with E-state index in [4.69, 9.17) is 0 Å². The van der Waals surface area contributed by atoms with Crippen molar-refractivity contribution < 1.29 is 0 Å². The third kappa shape index (κ3) is 10.7. The third-order valence-electron chi connectivity index (χ3n) is 4.08. The molecule has 0 fully saturated rings. The van der Waals surface area contributed by atoms with Crippen LogP contribution in [0.2, 0.25) is 12.5 Å². The maximum absolute atomic E-state index is 2.46. The van der Waals surface area contributed by atoms with Gasteiger partial charge in [-0.15, -0.1) is 0 Å². The molecular formula is C15H35InN2. The van der Waals surface area contributed by atoms with Gasteiger partial charge in [-0.05, 0) is 0 Å². The van der Waals surface area contributed by atoms with Crippen LogP contribution in [0.4, 0.5) is 0 Å². The van der Waals surface area contributed by atoms with Gasteiger partial charge in [0.15, 0.2) is 0 Å². The number of nitrogens with zero attached hydrogens (tertiary/aromatic N) is 2. The third-order valence-corrected chi connectivity index (χ3v) is 15.1. The van der Waals surface area contributed by atoms with Crippen LogP contribution in [0.5, 0.6) is 0 Å². The van der Waals surface area contributed by atoms with E-state index < -0.39 is 21.4 Å². The zero-order chi connectivity index (χ0) is 13.8. The molecule has 0 unspecified atom stereocenters. The summed E-state index contributed by atoms with van der Waals surface area (Å²) < 4.78 is 4.90. The van der Waals surface area contributed by atoms with Crippen molar-refractivity contribution in [2.45, 2.75) is 52.6 Å².